The molecule has 11 heteroatoms. The number of benzene rings is 3. The molecule has 0 bridgehead atoms. The lowest BCUT2D eigenvalue weighted by molar-refractivity contribution is -0.384. The molecule has 0 saturated carbocycles. The molecule has 1 heterocycles. The van der Waals surface area contributed by atoms with E-state index in [0.29, 0.717) is 22.7 Å². The molecule has 1 aliphatic heterocycles. The molecule has 0 radical (unpaired) electrons. The van der Waals surface area contributed by atoms with Crippen molar-refractivity contribution in [2.75, 3.05) is 35.1 Å². The summed E-state index contributed by atoms with van der Waals surface area (Å²) in [6.07, 6.45) is 1.93. The number of amides is 1. The van der Waals surface area contributed by atoms with E-state index in [9.17, 15) is 23.3 Å². The van der Waals surface area contributed by atoms with E-state index >= 15 is 0 Å². The van der Waals surface area contributed by atoms with Crippen LogP contribution in [-0.2, 0) is 10.0 Å². The molecule has 1 saturated heterocycles. The van der Waals surface area contributed by atoms with Crippen LogP contribution in [0.4, 0.5) is 22.7 Å². The zero-order valence-electron chi connectivity index (χ0n) is 19.9. The van der Waals surface area contributed by atoms with E-state index in [4.69, 9.17) is 4.74 Å². The van der Waals surface area contributed by atoms with Crippen molar-refractivity contribution in [3.63, 3.8) is 0 Å². The summed E-state index contributed by atoms with van der Waals surface area (Å²) in [6, 6.07) is 15.3. The van der Waals surface area contributed by atoms with Crippen LogP contribution in [0.5, 0.6) is 5.75 Å². The third-order valence-electron chi connectivity index (χ3n) is 5.96. The van der Waals surface area contributed by atoms with Crippen molar-refractivity contribution in [3.05, 3.63) is 81.9 Å². The number of nitro benzene ring substituents is 1. The number of rotatable bonds is 8. The Bertz CT molecular complexity index is 1400. The highest BCUT2D eigenvalue weighted by molar-refractivity contribution is 7.92. The molecule has 0 atom stereocenters. The molecular weight excluding hydrogens is 484 g/mol. The van der Waals surface area contributed by atoms with Gasteiger partial charge in [0.25, 0.3) is 21.6 Å². The Kier molecular flexibility index (Phi) is 7.11. The number of nitro groups is 1. The second-order valence-electron chi connectivity index (χ2n) is 8.42. The number of nitrogens with one attached hydrogen (secondary N) is 2. The summed E-state index contributed by atoms with van der Waals surface area (Å²) in [6.45, 7) is 3.11. The van der Waals surface area contributed by atoms with Gasteiger partial charge in [0.05, 0.1) is 16.9 Å². The fourth-order valence-corrected chi connectivity index (χ4v) is 5.41. The number of aryl methyl sites for hydroxylation is 1. The van der Waals surface area contributed by atoms with Crippen molar-refractivity contribution >= 4 is 38.7 Å². The molecule has 1 amide bonds. The highest BCUT2D eigenvalue weighted by atomic mass is 32.2. The Morgan fingerprint density at radius 3 is 2.31 bits per heavy atom. The molecule has 36 heavy (non-hydrogen) atoms. The molecule has 0 aromatic heterocycles. The van der Waals surface area contributed by atoms with Gasteiger partial charge in [0.1, 0.15) is 11.4 Å². The topological polar surface area (TPSA) is 131 Å². The van der Waals surface area contributed by atoms with Crippen molar-refractivity contribution in [3.8, 4) is 5.75 Å². The van der Waals surface area contributed by atoms with Crippen LogP contribution in [0.15, 0.2) is 65.6 Å². The lowest BCUT2D eigenvalue weighted by atomic mass is 10.1. The van der Waals surface area contributed by atoms with Crippen LogP contribution in [0.25, 0.3) is 0 Å². The fourth-order valence-electron chi connectivity index (χ4n) is 4.08. The molecule has 10 nitrogen and oxygen atoms in total. The SMILES string of the molecule is COc1ccc(NS(=O)(=O)c2cc(NC(=O)c3ccc(N4CCCC4)c([N+](=O)[O-])c3)ccc2C)cc1. The van der Waals surface area contributed by atoms with Crippen LogP contribution in [0.3, 0.4) is 0 Å². The fraction of sp³-hybridized carbons (Fsp3) is 0.240. The van der Waals surface area contributed by atoms with Gasteiger partial charge in [0.2, 0.25) is 0 Å². The van der Waals surface area contributed by atoms with Crippen LogP contribution < -0.4 is 19.7 Å². The lowest BCUT2D eigenvalue weighted by Gasteiger charge is -2.18. The number of nitrogens with zero attached hydrogens (tertiary/aromatic N) is 2. The minimum Gasteiger partial charge on any atom is -0.497 e. The van der Waals surface area contributed by atoms with Crippen LogP contribution in [-0.4, -0.2) is 39.4 Å². The number of hydrogen-bond acceptors (Lipinski definition) is 7. The maximum absolute atomic E-state index is 13.0. The summed E-state index contributed by atoms with van der Waals surface area (Å²) in [5.41, 5.74) is 1.54. The minimum absolute atomic E-state index is 0.00789. The summed E-state index contributed by atoms with van der Waals surface area (Å²) >= 11 is 0. The Morgan fingerprint density at radius 2 is 1.67 bits per heavy atom. The molecule has 1 fully saturated rings. The predicted molar refractivity (Wildman–Crippen MR) is 137 cm³/mol. The zero-order valence-corrected chi connectivity index (χ0v) is 20.7. The van der Waals surface area contributed by atoms with Crippen LogP contribution in [0.2, 0.25) is 0 Å². The summed E-state index contributed by atoms with van der Waals surface area (Å²) in [5.74, 6) is 0.00826. The van der Waals surface area contributed by atoms with Crippen molar-refractivity contribution in [1.82, 2.24) is 0 Å². The number of methoxy groups -OCH3 is 1. The van der Waals surface area contributed by atoms with E-state index in [2.05, 4.69) is 10.0 Å². The van der Waals surface area contributed by atoms with Gasteiger partial charge < -0.3 is 15.0 Å². The summed E-state index contributed by atoms with van der Waals surface area (Å²) in [7, 11) is -2.44. The molecule has 188 valence electrons. The van der Waals surface area contributed by atoms with Gasteiger partial charge in [-0.1, -0.05) is 6.07 Å². The normalized spacial score (nSPS) is 13.3. The number of hydrogen-bond donors (Lipinski definition) is 2. The van der Waals surface area contributed by atoms with Crippen molar-refractivity contribution in [2.24, 2.45) is 0 Å². The maximum Gasteiger partial charge on any atom is 0.293 e. The van der Waals surface area contributed by atoms with Crippen LogP contribution in [0, 0.1) is 17.0 Å². The van der Waals surface area contributed by atoms with E-state index in [1.165, 1.54) is 25.3 Å². The minimum atomic E-state index is -3.96. The summed E-state index contributed by atoms with van der Waals surface area (Å²) < 4.78 is 33.7. The largest absolute Gasteiger partial charge is 0.497 e. The molecular formula is C25H26N4O6S. The molecule has 3 aromatic carbocycles. The standard InChI is InChI=1S/C25H26N4O6S/c1-17-5-7-20(16-24(17)36(33,34)27-19-8-10-21(35-2)11-9-19)26-25(30)18-6-12-22(23(15-18)29(31)32)28-13-3-4-14-28/h5-12,15-16,27H,3-4,13-14H2,1-2H3,(H,26,30). The van der Waals surface area contributed by atoms with Gasteiger partial charge in [-0.05, 0) is 73.9 Å². The van der Waals surface area contributed by atoms with Crippen molar-refractivity contribution in [2.45, 2.75) is 24.7 Å². The Labute approximate surface area is 209 Å². The van der Waals surface area contributed by atoms with E-state index in [1.807, 2.05) is 4.90 Å². The van der Waals surface area contributed by atoms with E-state index in [0.717, 1.165) is 25.9 Å². The van der Waals surface area contributed by atoms with Gasteiger partial charge in [0, 0.05) is 36.1 Å². The number of sulfonamides is 1. The second kappa shape index (κ2) is 10.2. The first-order valence-corrected chi connectivity index (χ1v) is 12.8. The Morgan fingerprint density at radius 1 is 1.00 bits per heavy atom. The van der Waals surface area contributed by atoms with Crippen LogP contribution in [0.1, 0.15) is 28.8 Å². The quantitative estimate of drug-likeness (QED) is 0.335. The monoisotopic (exact) mass is 510 g/mol. The summed E-state index contributed by atoms with van der Waals surface area (Å²) in [4.78, 5) is 26.0. The lowest BCUT2D eigenvalue weighted by Crippen LogP contribution is -2.20. The number of carbonyl (C=O) groups excluding carboxylic acids is 1. The number of carbonyl (C=O) groups is 1. The highest BCUT2D eigenvalue weighted by Gasteiger charge is 2.24. The van der Waals surface area contributed by atoms with E-state index in [-0.39, 0.29) is 21.8 Å². The maximum atomic E-state index is 13.0. The van der Waals surface area contributed by atoms with Crippen molar-refractivity contribution < 1.29 is 22.9 Å². The van der Waals surface area contributed by atoms with Gasteiger partial charge >= 0.3 is 0 Å². The first-order chi connectivity index (χ1) is 17.2. The van der Waals surface area contributed by atoms with E-state index < -0.39 is 20.9 Å². The van der Waals surface area contributed by atoms with E-state index in [1.54, 1.807) is 49.4 Å². The van der Waals surface area contributed by atoms with Gasteiger partial charge in [-0.3, -0.25) is 19.6 Å². The smallest absolute Gasteiger partial charge is 0.293 e. The molecule has 4 rings (SSSR count). The second-order valence-corrected chi connectivity index (χ2v) is 10.1. The molecule has 0 aliphatic carbocycles. The molecule has 3 aromatic rings. The third-order valence-corrected chi connectivity index (χ3v) is 7.48. The Hall–Kier alpha value is -4.12. The first-order valence-electron chi connectivity index (χ1n) is 11.3. The molecule has 0 unspecified atom stereocenters. The number of ether oxygens (including phenoxy) is 1. The predicted octanol–water partition coefficient (Wildman–Crippen LogP) is 4.57. The molecule has 0 spiro atoms. The average Bonchev–Trinajstić information content (AvgIpc) is 3.40. The van der Waals surface area contributed by atoms with Crippen molar-refractivity contribution in [1.29, 1.82) is 0 Å². The average molecular weight is 511 g/mol. The van der Waals surface area contributed by atoms with Gasteiger partial charge in [0.15, 0.2) is 0 Å². The zero-order chi connectivity index (χ0) is 25.9. The Balaban J connectivity index is 1.56. The third kappa shape index (κ3) is 5.41. The number of anilines is 3. The summed E-state index contributed by atoms with van der Waals surface area (Å²) in [5, 5.41) is 14.3. The first kappa shape index (κ1) is 25.0. The highest BCUT2D eigenvalue weighted by Crippen LogP contribution is 2.32. The molecule has 1 aliphatic rings. The molecule has 2 N–H and O–H groups in total. The van der Waals surface area contributed by atoms with Gasteiger partial charge in [-0.2, -0.15) is 0 Å². The van der Waals surface area contributed by atoms with Gasteiger partial charge in [-0.25, -0.2) is 8.42 Å². The van der Waals surface area contributed by atoms with Gasteiger partial charge in [-0.15, -0.1) is 0 Å². The van der Waals surface area contributed by atoms with Crippen LogP contribution >= 0.6 is 0 Å².